The molecule has 3 N–H and O–H groups in total. The van der Waals surface area contributed by atoms with Crippen molar-refractivity contribution in [1.29, 1.82) is 0 Å². The summed E-state index contributed by atoms with van der Waals surface area (Å²) in [7, 11) is -3.90. The van der Waals surface area contributed by atoms with Crippen LogP contribution in [0, 0.1) is 11.7 Å². The number of imidazole rings is 1. The van der Waals surface area contributed by atoms with Gasteiger partial charge in [0.1, 0.15) is 42.8 Å². The van der Waals surface area contributed by atoms with Crippen molar-refractivity contribution in [2.75, 3.05) is 51.7 Å². The number of nitrogen functional groups attached to an aromatic ring is 1. The molecule has 0 saturated heterocycles. The van der Waals surface area contributed by atoms with Crippen LogP contribution in [-0.2, 0) is 55.1 Å². The molecule has 1 aromatic carbocycles. The molecule has 2 aromatic heterocycles. The number of fused-ring (bicyclic) bond motifs is 1. The van der Waals surface area contributed by atoms with Gasteiger partial charge in [0, 0.05) is 13.0 Å². The number of halogens is 1. The number of aromatic nitrogens is 4. The van der Waals surface area contributed by atoms with Gasteiger partial charge >= 0.3 is 25.6 Å². The van der Waals surface area contributed by atoms with Crippen LogP contribution in [0.1, 0.15) is 65.0 Å². The van der Waals surface area contributed by atoms with E-state index in [0.29, 0.717) is 28.7 Å². The van der Waals surface area contributed by atoms with Gasteiger partial charge in [-0.3, -0.25) is 14.2 Å². The lowest BCUT2D eigenvalue weighted by Crippen LogP contribution is -2.36. The fourth-order valence-electron chi connectivity index (χ4n) is 4.49. The number of anilines is 1. The zero-order valence-electron chi connectivity index (χ0n) is 29.9. The van der Waals surface area contributed by atoms with Crippen LogP contribution in [0.15, 0.2) is 30.9 Å². The van der Waals surface area contributed by atoms with E-state index in [1.165, 1.54) is 18.7 Å². The van der Waals surface area contributed by atoms with E-state index in [4.69, 9.17) is 33.7 Å². The lowest BCUT2D eigenvalue weighted by molar-refractivity contribution is -0.146. The van der Waals surface area contributed by atoms with Gasteiger partial charge in [0.2, 0.25) is 0 Å². The Morgan fingerprint density at radius 3 is 2.45 bits per heavy atom. The summed E-state index contributed by atoms with van der Waals surface area (Å²) in [6, 6.07) is 4.71. The molecule has 2 heterocycles. The van der Waals surface area contributed by atoms with Crippen molar-refractivity contribution in [3.8, 4) is 0 Å². The van der Waals surface area contributed by atoms with E-state index in [1.807, 2.05) is 13.8 Å². The summed E-state index contributed by atoms with van der Waals surface area (Å²) < 4.78 is 62.0. The molecule has 0 aliphatic carbocycles. The molecular formula is C33H48FN6O10P. The first kappa shape index (κ1) is 41.2. The largest absolute Gasteiger partial charge is 0.464 e. The number of carbonyl (C=O) groups is 3. The number of nitrogens with zero attached hydrogens (tertiary/aromatic N) is 4. The number of hydrogen-bond donors (Lipinski definition) is 2. The number of alkyl carbamates (subject to hydrolysis) is 1. The molecule has 1 amide bonds. The lowest BCUT2D eigenvalue weighted by Gasteiger charge is -2.20. The number of ether oxygens (including phenoxy) is 4. The Labute approximate surface area is 296 Å². The van der Waals surface area contributed by atoms with Crippen LogP contribution in [0.5, 0.6) is 0 Å². The van der Waals surface area contributed by atoms with E-state index in [0.717, 1.165) is 0 Å². The summed E-state index contributed by atoms with van der Waals surface area (Å²) in [6.45, 7) is 9.87. The average Bonchev–Trinajstić information content (AvgIpc) is 3.48. The molecule has 0 aliphatic rings. The number of hydrogen-bond acceptors (Lipinski definition) is 14. The van der Waals surface area contributed by atoms with Gasteiger partial charge in [0.15, 0.2) is 11.5 Å². The van der Waals surface area contributed by atoms with Crippen molar-refractivity contribution in [3.05, 3.63) is 47.8 Å². The molecule has 3 aromatic rings. The standard InChI is InChI=1S/C33H48FN6O10P/c1-22(2)16-25-9-8-24(17-26(25)34)23(3)31(42)47-14-15-49-51(44,21-45-13-10-40-20-39-28-29(35)37-19-38-30(28)40)48-12-7-11-46-27(41)18-36-32(43)50-33(4,5)6/h8-9,17,19-20,22-23H,7,10-16,18,21H2,1-6H3,(H,36,43)(H2,35,37,38). The first-order valence-electron chi connectivity index (χ1n) is 16.5. The second kappa shape index (κ2) is 19.4. The van der Waals surface area contributed by atoms with Gasteiger partial charge in [-0.1, -0.05) is 26.0 Å². The highest BCUT2D eigenvalue weighted by Crippen LogP contribution is 2.48. The predicted octanol–water partition coefficient (Wildman–Crippen LogP) is 4.75. The molecule has 18 heteroatoms. The smallest absolute Gasteiger partial charge is 0.408 e. The Hall–Kier alpha value is -4.18. The monoisotopic (exact) mass is 738 g/mol. The molecule has 282 valence electrons. The van der Waals surface area contributed by atoms with Crippen LogP contribution in [0.2, 0.25) is 0 Å². The predicted molar refractivity (Wildman–Crippen MR) is 184 cm³/mol. The van der Waals surface area contributed by atoms with Crippen LogP contribution in [0.4, 0.5) is 15.0 Å². The Balaban J connectivity index is 1.49. The van der Waals surface area contributed by atoms with Crippen molar-refractivity contribution < 1.29 is 51.3 Å². The van der Waals surface area contributed by atoms with Crippen LogP contribution >= 0.6 is 7.60 Å². The molecule has 0 fully saturated rings. The van der Waals surface area contributed by atoms with Crippen LogP contribution in [0.25, 0.3) is 11.2 Å². The fourth-order valence-corrected chi connectivity index (χ4v) is 5.83. The number of esters is 2. The maximum absolute atomic E-state index is 14.6. The Bertz CT molecular complexity index is 1660. The summed E-state index contributed by atoms with van der Waals surface area (Å²) in [6.07, 6.45) is 2.37. The molecule has 2 unspecified atom stereocenters. The Morgan fingerprint density at radius 2 is 1.75 bits per heavy atom. The minimum atomic E-state index is -3.90. The third kappa shape index (κ3) is 14.2. The van der Waals surface area contributed by atoms with E-state index in [1.54, 1.807) is 44.4 Å². The van der Waals surface area contributed by atoms with Crippen molar-refractivity contribution in [2.24, 2.45) is 5.92 Å². The maximum Gasteiger partial charge on any atom is 0.408 e. The molecular weight excluding hydrogens is 690 g/mol. The Kier molecular flexibility index (Phi) is 15.7. The van der Waals surface area contributed by atoms with Gasteiger partial charge in [-0.25, -0.2) is 24.1 Å². The minimum absolute atomic E-state index is 0.0767. The Morgan fingerprint density at radius 1 is 1.00 bits per heavy atom. The number of carbonyl (C=O) groups excluding carboxylic acids is 3. The van der Waals surface area contributed by atoms with Gasteiger partial charge in [0.05, 0.1) is 38.7 Å². The minimum Gasteiger partial charge on any atom is -0.464 e. The van der Waals surface area contributed by atoms with Crippen molar-refractivity contribution >= 4 is 42.6 Å². The normalized spacial score (nSPS) is 13.5. The number of nitrogens with two attached hydrogens (primary N) is 1. The highest BCUT2D eigenvalue weighted by Gasteiger charge is 2.26. The molecule has 0 saturated carbocycles. The average molecular weight is 739 g/mol. The van der Waals surface area contributed by atoms with Gasteiger partial charge in [-0.05, 0) is 57.2 Å². The summed E-state index contributed by atoms with van der Waals surface area (Å²) in [5, 5.41) is 2.30. The summed E-state index contributed by atoms with van der Waals surface area (Å²) >= 11 is 0. The van der Waals surface area contributed by atoms with E-state index < -0.39 is 50.0 Å². The molecule has 0 radical (unpaired) electrons. The molecule has 0 aliphatic heterocycles. The van der Waals surface area contributed by atoms with Gasteiger partial charge in [0.25, 0.3) is 0 Å². The third-order valence-corrected chi connectivity index (χ3v) is 8.60. The first-order valence-corrected chi connectivity index (χ1v) is 18.2. The van der Waals surface area contributed by atoms with E-state index in [-0.39, 0.29) is 63.6 Å². The SMILES string of the molecule is CC(C)Cc1ccc(C(C)C(=O)OCCOP(=O)(COCCn2cnc3c(N)ncnc32)OCCCOC(=O)CNC(=O)OC(C)(C)C)cc1F. The van der Waals surface area contributed by atoms with Gasteiger partial charge in [-0.2, -0.15) is 0 Å². The number of amides is 1. The van der Waals surface area contributed by atoms with Crippen molar-refractivity contribution in [3.63, 3.8) is 0 Å². The third-order valence-electron chi connectivity index (χ3n) is 6.95. The molecule has 0 bridgehead atoms. The quantitative estimate of drug-likeness (QED) is 0.0695. The molecule has 0 spiro atoms. The maximum atomic E-state index is 14.6. The molecule has 2 atom stereocenters. The molecule has 3 rings (SSSR count). The summed E-state index contributed by atoms with van der Waals surface area (Å²) in [4.78, 5) is 48.7. The van der Waals surface area contributed by atoms with Gasteiger partial charge in [-0.15, -0.1) is 0 Å². The summed E-state index contributed by atoms with van der Waals surface area (Å²) in [5.41, 5.74) is 7.10. The number of nitrogens with one attached hydrogen (secondary N) is 1. The highest BCUT2D eigenvalue weighted by molar-refractivity contribution is 7.53. The van der Waals surface area contributed by atoms with Crippen LogP contribution in [-0.4, -0.2) is 89.1 Å². The van der Waals surface area contributed by atoms with Crippen LogP contribution < -0.4 is 11.1 Å². The number of benzene rings is 1. The van der Waals surface area contributed by atoms with Gasteiger partial charge < -0.3 is 43.6 Å². The second-order valence-electron chi connectivity index (χ2n) is 13.0. The zero-order valence-corrected chi connectivity index (χ0v) is 30.8. The van der Waals surface area contributed by atoms with E-state index in [2.05, 4.69) is 20.3 Å². The second-order valence-corrected chi connectivity index (χ2v) is 14.9. The van der Waals surface area contributed by atoms with E-state index in [9.17, 15) is 23.3 Å². The summed E-state index contributed by atoms with van der Waals surface area (Å²) in [5.74, 6) is -1.93. The first-order chi connectivity index (χ1) is 24.1. The van der Waals surface area contributed by atoms with Crippen molar-refractivity contribution in [1.82, 2.24) is 24.8 Å². The lowest BCUT2D eigenvalue weighted by atomic mass is 9.96. The van der Waals surface area contributed by atoms with Crippen LogP contribution in [0.3, 0.4) is 0 Å². The van der Waals surface area contributed by atoms with Crippen molar-refractivity contribution in [2.45, 2.75) is 72.4 Å². The fraction of sp³-hybridized carbons (Fsp3) is 0.576. The molecule has 51 heavy (non-hydrogen) atoms. The highest BCUT2D eigenvalue weighted by atomic mass is 31.2. The topological polar surface area (TPSA) is 205 Å². The zero-order chi connectivity index (χ0) is 37.6. The van der Waals surface area contributed by atoms with E-state index >= 15 is 0 Å². The number of rotatable bonds is 20. The molecule has 16 nitrogen and oxygen atoms in total.